The van der Waals surface area contributed by atoms with Crippen molar-refractivity contribution in [3.05, 3.63) is 12.4 Å². The summed E-state index contributed by atoms with van der Waals surface area (Å²) < 4.78 is 30.1. The minimum atomic E-state index is -3.71. The van der Waals surface area contributed by atoms with Gasteiger partial charge >= 0.3 is 0 Å². The van der Waals surface area contributed by atoms with E-state index in [4.69, 9.17) is 4.74 Å². The van der Waals surface area contributed by atoms with Crippen LogP contribution in [0.15, 0.2) is 17.3 Å². The molecule has 0 bridgehead atoms. The molecule has 1 rings (SSSR count). The van der Waals surface area contributed by atoms with Crippen molar-refractivity contribution in [2.45, 2.75) is 11.0 Å². The Kier molecular flexibility index (Phi) is 5.60. The first-order valence-electron chi connectivity index (χ1n) is 5.55. The van der Waals surface area contributed by atoms with Gasteiger partial charge in [0, 0.05) is 27.7 Å². The van der Waals surface area contributed by atoms with Gasteiger partial charge in [0.25, 0.3) is 0 Å². The first kappa shape index (κ1) is 15.8. The highest BCUT2D eigenvalue weighted by molar-refractivity contribution is 7.89. The molecule has 0 radical (unpaired) electrons. The lowest BCUT2D eigenvalue weighted by Gasteiger charge is -2.19. The molecule has 0 aromatic carbocycles. The summed E-state index contributed by atoms with van der Waals surface area (Å²) in [6, 6.07) is 0. The minimum Gasteiger partial charge on any atom is -0.389 e. The Morgan fingerprint density at radius 3 is 2.53 bits per heavy atom. The van der Waals surface area contributed by atoms with Crippen LogP contribution in [0.4, 0.5) is 5.95 Å². The maximum absolute atomic E-state index is 12.1. The van der Waals surface area contributed by atoms with Crippen molar-refractivity contribution >= 4 is 16.0 Å². The molecule has 0 aliphatic rings. The molecule has 0 amide bonds. The van der Waals surface area contributed by atoms with Crippen molar-refractivity contribution < 1.29 is 18.3 Å². The number of nitrogens with one attached hydrogen (secondary N) is 1. The Morgan fingerprint density at radius 1 is 1.47 bits per heavy atom. The van der Waals surface area contributed by atoms with Crippen LogP contribution in [0.1, 0.15) is 0 Å². The fourth-order valence-electron chi connectivity index (χ4n) is 1.40. The smallest absolute Gasteiger partial charge is 0.245 e. The standard InChI is InChI=1S/C10H18N4O4S/c1-11-10-12-4-9(5-13-10)19(16,17)14(2)6-8(15)7-18-3/h4-5,8,15H,6-7H2,1-3H3,(H,11,12,13). The van der Waals surface area contributed by atoms with Crippen molar-refractivity contribution in [1.29, 1.82) is 0 Å². The third kappa shape index (κ3) is 4.10. The molecule has 9 heteroatoms. The second-order valence-electron chi connectivity index (χ2n) is 3.89. The lowest BCUT2D eigenvalue weighted by Crippen LogP contribution is -2.36. The third-order valence-electron chi connectivity index (χ3n) is 2.39. The van der Waals surface area contributed by atoms with Gasteiger partial charge in [-0.1, -0.05) is 0 Å². The highest BCUT2D eigenvalue weighted by atomic mass is 32.2. The van der Waals surface area contributed by atoms with E-state index in [2.05, 4.69) is 15.3 Å². The largest absolute Gasteiger partial charge is 0.389 e. The molecule has 0 aliphatic carbocycles. The molecule has 0 saturated carbocycles. The molecule has 0 spiro atoms. The van der Waals surface area contributed by atoms with Gasteiger partial charge in [-0.15, -0.1) is 0 Å². The van der Waals surface area contributed by atoms with Crippen LogP contribution < -0.4 is 5.32 Å². The van der Waals surface area contributed by atoms with Crippen LogP contribution in [0.2, 0.25) is 0 Å². The van der Waals surface area contributed by atoms with Gasteiger partial charge in [-0.2, -0.15) is 4.31 Å². The summed E-state index contributed by atoms with van der Waals surface area (Å²) in [5.74, 6) is 0.334. The quantitative estimate of drug-likeness (QED) is 0.673. The summed E-state index contributed by atoms with van der Waals surface area (Å²) in [5.41, 5.74) is 0. The summed E-state index contributed by atoms with van der Waals surface area (Å²) in [6.07, 6.45) is 1.54. The Balaban J connectivity index is 2.83. The van der Waals surface area contributed by atoms with Gasteiger partial charge in [0.05, 0.1) is 25.1 Å². The summed E-state index contributed by atoms with van der Waals surface area (Å²) in [6.45, 7) is -0.000987. The van der Waals surface area contributed by atoms with Gasteiger partial charge in [-0.25, -0.2) is 18.4 Å². The molecular formula is C10H18N4O4S. The van der Waals surface area contributed by atoms with Crippen LogP contribution in [0.3, 0.4) is 0 Å². The molecule has 0 saturated heterocycles. The van der Waals surface area contributed by atoms with Gasteiger partial charge in [-0.05, 0) is 0 Å². The second-order valence-corrected chi connectivity index (χ2v) is 5.93. The van der Waals surface area contributed by atoms with Crippen LogP contribution in [-0.2, 0) is 14.8 Å². The summed E-state index contributed by atoms with van der Waals surface area (Å²) in [5, 5.41) is 12.2. The lowest BCUT2D eigenvalue weighted by atomic mass is 10.4. The molecule has 1 unspecified atom stereocenters. The van der Waals surface area contributed by atoms with Gasteiger partial charge in [0.2, 0.25) is 16.0 Å². The highest BCUT2D eigenvalue weighted by Crippen LogP contribution is 2.13. The molecule has 0 aliphatic heterocycles. The van der Waals surface area contributed by atoms with Crippen molar-refractivity contribution in [3.63, 3.8) is 0 Å². The van der Waals surface area contributed by atoms with E-state index in [0.717, 1.165) is 4.31 Å². The number of aliphatic hydroxyl groups is 1. The van der Waals surface area contributed by atoms with Crippen LogP contribution in [-0.4, -0.2) is 68.3 Å². The van der Waals surface area contributed by atoms with E-state index >= 15 is 0 Å². The number of ether oxygens (including phenoxy) is 1. The topological polar surface area (TPSA) is 105 Å². The second kappa shape index (κ2) is 6.75. The molecule has 1 aromatic heterocycles. The summed E-state index contributed by atoms with van der Waals surface area (Å²) >= 11 is 0. The molecule has 1 heterocycles. The van der Waals surface area contributed by atoms with Crippen LogP contribution in [0.5, 0.6) is 0 Å². The number of rotatable bonds is 7. The molecule has 2 N–H and O–H groups in total. The monoisotopic (exact) mass is 290 g/mol. The van der Waals surface area contributed by atoms with Crippen LogP contribution in [0.25, 0.3) is 0 Å². The Labute approximate surface area is 112 Å². The number of aromatic nitrogens is 2. The Morgan fingerprint density at radius 2 is 2.05 bits per heavy atom. The third-order valence-corrected chi connectivity index (χ3v) is 4.16. The average Bonchev–Trinajstić information content (AvgIpc) is 2.39. The van der Waals surface area contributed by atoms with Gasteiger partial charge in [0.15, 0.2) is 0 Å². The fraction of sp³-hybridized carbons (Fsp3) is 0.600. The number of hydrogen-bond donors (Lipinski definition) is 2. The van der Waals surface area contributed by atoms with Gasteiger partial charge in [-0.3, -0.25) is 0 Å². The van der Waals surface area contributed by atoms with E-state index in [0.29, 0.717) is 5.95 Å². The highest BCUT2D eigenvalue weighted by Gasteiger charge is 2.23. The van der Waals surface area contributed by atoms with Crippen molar-refractivity contribution in [3.8, 4) is 0 Å². The zero-order valence-corrected chi connectivity index (χ0v) is 11.9. The molecule has 19 heavy (non-hydrogen) atoms. The fourth-order valence-corrected chi connectivity index (χ4v) is 2.50. The van der Waals surface area contributed by atoms with Crippen molar-refractivity contribution in [1.82, 2.24) is 14.3 Å². The lowest BCUT2D eigenvalue weighted by molar-refractivity contribution is 0.0554. The van der Waals surface area contributed by atoms with E-state index in [9.17, 15) is 13.5 Å². The number of sulfonamides is 1. The van der Waals surface area contributed by atoms with E-state index in [1.54, 1.807) is 7.05 Å². The average molecular weight is 290 g/mol. The van der Waals surface area contributed by atoms with Crippen molar-refractivity contribution in [2.75, 3.05) is 39.7 Å². The zero-order chi connectivity index (χ0) is 14.5. The number of nitrogens with zero attached hydrogens (tertiary/aromatic N) is 3. The normalized spacial score (nSPS) is 13.5. The molecule has 1 aromatic rings. The maximum atomic E-state index is 12.1. The van der Waals surface area contributed by atoms with Gasteiger partial charge in [0.1, 0.15) is 4.90 Å². The maximum Gasteiger partial charge on any atom is 0.245 e. The predicted molar refractivity (Wildman–Crippen MR) is 69.3 cm³/mol. The van der Waals surface area contributed by atoms with Crippen LogP contribution >= 0.6 is 0 Å². The van der Waals surface area contributed by atoms with E-state index < -0.39 is 16.1 Å². The Bertz CT molecular complexity index is 491. The molecule has 1 atom stereocenters. The molecule has 8 nitrogen and oxygen atoms in total. The molecular weight excluding hydrogens is 272 g/mol. The predicted octanol–water partition coefficient (Wildman–Crippen LogP) is -0.854. The number of likely N-dealkylation sites (N-methyl/N-ethyl adjacent to an activating group) is 1. The summed E-state index contributed by atoms with van der Waals surface area (Å²) in [7, 11) is 0.731. The number of hydrogen-bond acceptors (Lipinski definition) is 7. The van der Waals surface area contributed by atoms with E-state index in [1.807, 2.05) is 0 Å². The number of anilines is 1. The van der Waals surface area contributed by atoms with Crippen LogP contribution in [0, 0.1) is 0 Å². The molecule has 108 valence electrons. The number of aliphatic hydroxyl groups excluding tert-OH is 1. The Hall–Kier alpha value is -1.29. The molecule has 0 fully saturated rings. The minimum absolute atomic E-state index is 0.0291. The van der Waals surface area contributed by atoms with Gasteiger partial charge < -0.3 is 15.2 Å². The first-order chi connectivity index (χ1) is 8.91. The van der Waals surface area contributed by atoms with E-state index in [1.165, 1.54) is 26.6 Å². The van der Waals surface area contributed by atoms with Crippen molar-refractivity contribution in [2.24, 2.45) is 0 Å². The zero-order valence-electron chi connectivity index (χ0n) is 11.1. The number of methoxy groups -OCH3 is 1. The first-order valence-corrected chi connectivity index (χ1v) is 6.99. The SMILES string of the molecule is CNc1ncc(S(=O)(=O)N(C)CC(O)COC)cn1. The van der Waals surface area contributed by atoms with E-state index in [-0.39, 0.29) is 18.0 Å². The summed E-state index contributed by atoms with van der Waals surface area (Å²) in [4.78, 5) is 7.66.